The normalized spacial score (nSPS) is 10.8. The summed E-state index contributed by atoms with van der Waals surface area (Å²) in [5.41, 5.74) is 2.18. The van der Waals surface area contributed by atoms with E-state index in [-0.39, 0.29) is 11.7 Å². The number of benzene rings is 2. The highest BCUT2D eigenvalue weighted by Crippen LogP contribution is 2.26. The summed E-state index contributed by atoms with van der Waals surface area (Å²) in [6.07, 6.45) is 0. The molecule has 3 aromatic rings. The van der Waals surface area contributed by atoms with Crippen LogP contribution < -0.4 is 5.32 Å². The summed E-state index contributed by atoms with van der Waals surface area (Å²) >= 11 is 10.5. The van der Waals surface area contributed by atoms with Gasteiger partial charge in [0.15, 0.2) is 5.58 Å². The van der Waals surface area contributed by atoms with Gasteiger partial charge in [-0.25, -0.2) is 4.98 Å². The summed E-state index contributed by atoms with van der Waals surface area (Å²) in [5, 5.41) is 3.87. The van der Waals surface area contributed by atoms with Gasteiger partial charge in [-0.3, -0.25) is 4.79 Å². The first-order chi connectivity index (χ1) is 10.6. The summed E-state index contributed by atoms with van der Waals surface area (Å²) in [6.45, 7) is 0. The van der Waals surface area contributed by atoms with Crippen molar-refractivity contribution in [2.45, 2.75) is 5.22 Å². The number of carbonyl (C=O) groups excluding carboxylic acids is 1. The van der Waals surface area contributed by atoms with Crippen molar-refractivity contribution >= 4 is 62.0 Å². The number of amides is 1. The number of fused-ring (bicyclic) bond motifs is 1. The molecule has 1 N–H and O–H groups in total. The standard InChI is InChI=1S/C15H10BrClN2O2S/c16-10-7-9(5-6-11(10)17)18-14(20)8-22-15-19-12-3-1-2-4-13(12)21-15/h1-7H,8H2,(H,18,20). The van der Waals surface area contributed by atoms with Gasteiger partial charge in [-0.2, -0.15) is 0 Å². The molecule has 0 saturated heterocycles. The Labute approximate surface area is 144 Å². The van der Waals surface area contributed by atoms with E-state index in [2.05, 4.69) is 26.2 Å². The van der Waals surface area contributed by atoms with Crippen LogP contribution in [0, 0.1) is 0 Å². The van der Waals surface area contributed by atoms with Crippen LogP contribution in [0.25, 0.3) is 11.1 Å². The quantitative estimate of drug-likeness (QED) is 0.631. The highest BCUT2D eigenvalue weighted by Gasteiger charge is 2.09. The molecule has 0 aliphatic rings. The minimum Gasteiger partial charge on any atom is -0.431 e. The fourth-order valence-corrected chi connectivity index (χ4v) is 2.95. The first kappa shape index (κ1) is 15.4. The third-order valence-electron chi connectivity index (χ3n) is 2.80. The van der Waals surface area contributed by atoms with Crippen molar-refractivity contribution in [2.75, 3.05) is 11.1 Å². The average molecular weight is 398 g/mol. The number of para-hydroxylation sites is 2. The number of nitrogens with one attached hydrogen (secondary N) is 1. The lowest BCUT2D eigenvalue weighted by molar-refractivity contribution is -0.113. The van der Waals surface area contributed by atoms with Crippen LogP contribution in [-0.4, -0.2) is 16.6 Å². The summed E-state index contributed by atoms with van der Waals surface area (Å²) < 4.78 is 6.29. The summed E-state index contributed by atoms with van der Waals surface area (Å²) in [6, 6.07) is 12.7. The monoisotopic (exact) mass is 396 g/mol. The Morgan fingerprint density at radius 3 is 2.91 bits per heavy atom. The number of oxazole rings is 1. The van der Waals surface area contributed by atoms with Crippen molar-refractivity contribution in [1.82, 2.24) is 4.98 Å². The van der Waals surface area contributed by atoms with E-state index in [1.54, 1.807) is 18.2 Å². The molecule has 2 aromatic carbocycles. The Bertz CT molecular complexity index is 804. The zero-order valence-electron chi connectivity index (χ0n) is 11.2. The van der Waals surface area contributed by atoms with Crippen LogP contribution in [0.3, 0.4) is 0 Å². The van der Waals surface area contributed by atoms with Crippen LogP contribution in [-0.2, 0) is 4.79 Å². The van der Waals surface area contributed by atoms with Gasteiger partial charge >= 0.3 is 0 Å². The third-order valence-corrected chi connectivity index (χ3v) is 4.85. The molecule has 4 nitrogen and oxygen atoms in total. The first-order valence-electron chi connectivity index (χ1n) is 6.35. The molecule has 112 valence electrons. The van der Waals surface area contributed by atoms with Gasteiger partial charge in [0.2, 0.25) is 5.91 Å². The Morgan fingerprint density at radius 1 is 1.32 bits per heavy atom. The highest BCUT2D eigenvalue weighted by molar-refractivity contribution is 9.10. The molecule has 0 bridgehead atoms. The summed E-state index contributed by atoms with van der Waals surface area (Å²) in [7, 11) is 0. The number of hydrogen-bond donors (Lipinski definition) is 1. The number of halogens is 2. The van der Waals surface area contributed by atoms with Crippen molar-refractivity contribution in [3.05, 3.63) is 52.0 Å². The minimum absolute atomic E-state index is 0.138. The number of rotatable bonds is 4. The maximum absolute atomic E-state index is 11.9. The molecule has 22 heavy (non-hydrogen) atoms. The maximum Gasteiger partial charge on any atom is 0.257 e. The zero-order valence-corrected chi connectivity index (χ0v) is 14.3. The fourth-order valence-electron chi connectivity index (χ4n) is 1.81. The number of carbonyl (C=O) groups is 1. The van der Waals surface area contributed by atoms with Crippen LogP contribution in [0.2, 0.25) is 5.02 Å². The molecule has 1 heterocycles. The molecular formula is C15H10BrClN2O2S. The Hall–Kier alpha value is -1.50. The Morgan fingerprint density at radius 2 is 2.14 bits per heavy atom. The highest BCUT2D eigenvalue weighted by atomic mass is 79.9. The van der Waals surface area contributed by atoms with Gasteiger partial charge in [-0.05, 0) is 46.3 Å². The van der Waals surface area contributed by atoms with Crippen LogP contribution in [0.1, 0.15) is 0 Å². The second-order valence-corrected chi connectivity index (χ2v) is 6.60. The van der Waals surface area contributed by atoms with Crippen LogP contribution in [0.15, 0.2) is 56.6 Å². The number of aromatic nitrogens is 1. The molecule has 1 aromatic heterocycles. The lowest BCUT2D eigenvalue weighted by Gasteiger charge is -2.05. The van der Waals surface area contributed by atoms with Gasteiger partial charge in [0.05, 0.1) is 10.8 Å². The van der Waals surface area contributed by atoms with Crippen LogP contribution in [0.4, 0.5) is 5.69 Å². The van der Waals surface area contributed by atoms with E-state index in [1.165, 1.54) is 11.8 Å². The second-order valence-electron chi connectivity index (χ2n) is 4.41. The number of hydrogen-bond acceptors (Lipinski definition) is 4. The summed E-state index contributed by atoms with van der Waals surface area (Å²) in [5.74, 6) is 0.0778. The van der Waals surface area contributed by atoms with Gasteiger partial charge in [0, 0.05) is 10.2 Å². The van der Waals surface area contributed by atoms with E-state index in [1.807, 2.05) is 24.3 Å². The number of anilines is 1. The van der Waals surface area contributed by atoms with Crippen LogP contribution >= 0.6 is 39.3 Å². The SMILES string of the molecule is O=C(CSc1nc2ccccc2o1)Nc1ccc(Cl)c(Br)c1. The second kappa shape index (κ2) is 6.73. The van der Waals surface area contributed by atoms with Crippen LogP contribution in [0.5, 0.6) is 0 Å². The fraction of sp³-hybridized carbons (Fsp3) is 0.0667. The third kappa shape index (κ3) is 3.63. The van der Waals surface area contributed by atoms with Gasteiger partial charge in [0.25, 0.3) is 5.22 Å². The molecule has 3 rings (SSSR count). The maximum atomic E-state index is 11.9. The lowest BCUT2D eigenvalue weighted by atomic mass is 10.3. The van der Waals surface area contributed by atoms with Gasteiger partial charge in [-0.15, -0.1) is 0 Å². The molecule has 0 atom stereocenters. The predicted molar refractivity (Wildman–Crippen MR) is 92.5 cm³/mol. The van der Waals surface area contributed by atoms with Crippen molar-refractivity contribution in [1.29, 1.82) is 0 Å². The summed E-state index contributed by atoms with van der Waals surface area (Å²) in [4.78, 5) is 16.3. The minimum atomic E-state index is -0.138. The Balaban J connectivity index is 1.60. The molecule has 7 heteroatoms. The topological polar surface area (TPSA) is 55.1 Å². The van der Waals surface area contributed by atoms with Gasteiger partial charge in [-0.1, -0.05) is 35.5 Å². The number of nitrogens with zero attached hydrogens (tertiary/aromatic N) is 1. The molecular weight excluding hydrogens is 388 g/mol. The molecule has 0 spiro atoms. The lowest BCUT2D eigenvalue weighted by Crippen LogP contribution is -2.13. The largest absolute Gasteiger partial charge is 0.431 e. The van der Waals surface area contributed by atoms with E-state index in [9.17, 15) is 4.79 Å². The van der Waals surface area contributed by atoms with E-state index in [0.717, 1.165) is 9.99 Å². The predicted octanol–water partition coefficient (Wildman–Crippen LogP) is 4.97. The molecule has 0 unspecified atom stereocenters. The van der Waals surface area contributed by atoms with Crippen molar-refractivity contribution in [2.24, 2.45) is 0 Å². The molecule has 0 aliphatic carbocycles. The van der Waals surface area contributed by atoms with Gasteiger partial charge < -0.3 is 9.73 Å². The zero-order chi connectivity index (χ0) is 15.5. The number of thioether (sulfide) groups is 1. The molecule has 0 fully saturated rings. The van der Waals surface area contributed by atoms with Crippen molar-refractivity contribution < 1.29 is 9.21 Å². The first-order valence-corrected chi connectivity index (χ1v) is 8.51. The van der Waals surface area contributed by atoms with E-state index < -0.39 is 0 Å². The molecule has 0 aliphatic heterocycles. The van der Waals surface area contributed by atoms with Crippen molar-refractivity contribution in [3.8, 4) is 0 Å². The molecule has 1 amide bonds. The smallest absolute Gasteiger partial charge is 0.257 e. The van der Waals surface area contributed by atoms with Crippen molar-refractivity contribution in [3.63, 3.8) is 0 Å². The molecule has 0 saturated carbocycles. The van der Waals surface area contributed by atoms with E-state index in [0.29, 0.717) is 21.5 Å². The van der Waals surface area contributed by atoms with Gasteiger partial charge in [0.1, 0.15) is 5.52 Å². The Kier molecular flexibility index (Phi) is 4.71. The van der Waals surface area contributed by atoms with E-state index in [4.69, 9.17) is 16.0 Å². The van der Waals surface area contributed by atoms with E-state index >= 15 is 0 Å². The average Bonchev–Trinajstić information content (AvgIpc) is 2.92. The molecule has 0 radical (unpaired) electrons.